The fourth-order valence-corrected chi connectivity index (χ4v) is 3.55. The molecule has 2 aromatic rings. The van der Waals surface area contributed by atoms with E-state index in [1.54, 1.807) is 0 Å². The van der Waals surface area contributed by atoms with Gasteiger partial charge in [0, 0.05) is 26.2 Å². The van der Waals surface area contributed by atoms with E-state index in [1.807, 2.05) is 27.7 Å². The van der Waals surface area contributed by atoms with Crippen LogP contribution in [0.25, 0.3) is 6.08 Å². The summed E-state index contributed by atoms with van der Waals surface area (Å²) in [6.45, 7) is 7.23. The average Bonchev–Trinajstić information content (AvgIpc) is 2.78. The summed E-state index contributed by atoms with van der Waals surface area (Å²) in [7, 11) is 1.34. The molecule has 1 heterocycles. The van der Waals surface area contributed by atoms with E-state index in [-0.39, 0.29) is 42.0 Å². The number of rotatable bonds is 9. The number of nitrogens with zero attached hydrogens (tertiary/aromatic N) is 3. The normalized spacial score (nSPS) is 11.9. The Morgan fingerprint density at radius 1 is 1.14 bits per heavy atom. The topological polar surface area (TPSA) is 121 Å². The van der Waals surface area contributed by atoms with E-state index >= 15 is 0 Å². The monoisotopic (exact) mass is 523 g/mol. The number of H-pyrrole nitrogens is 1. The first-order valence-corrected chi connectivity index (χ1v) is 11.6. The number of halogens is 3. The van der Waals surface area contributed by atoms with Crippen molar-refractivity contribution in [3.05, 3.63) is 62.3 Å². The van der Waals surface area contributed by atoms with Crippen LogP contribution in [-0.2, 0) is 22.3 Å². The van der Waals surface area contributed by atoms with Crippen LogP contribution in [0.3, 0.4) is 0 Å². The van der Waals surface area contributed by atoms with E-state index in [4.69, 9.17) is 5.73 Å². The fourth-order valence-electron chi connectivity index (χ4n) is 3.55. The van der Waals surface area contributed by atoms with Crippen molar-refractivity contribution in [1.29, 1.82) is 0 Å². The third-order valence-electron chi connectivity index (χ3n) is 5.26. The Labute approximate surface area is 212 Å². The summed E-state index contributed by atoms with van der Waals surface area (Å²) in [5, 5.41) is 0. The van der Waals surface area contributed by atoms with Crippen LogP contribution < -0.4 is 21.9 Å². The third-order valence-corrected chi connectivity index (χ3v) is 5.26. The van der Waals surface area contributed by atoms with Gasteiger partial charge in [0.25, 0.3) is 5.56 Å². The lowest BCUT2D eigenvalue weighted by molar-refractivity contribution is -0.137. The minimum atomic E-state index is -4.52. The predicted molar refractivity (Wildman–Crippen MR) is 136 cm³/mol. The Hall–Kier alpha value is -3.83. The first-order chi connectivity index (χ1) is 17.1. The number of anilines is 2. The van der Waals surface area contributed by atoms with E-state index < -0.39 is 41.3 Å². The van der Waals surface area contributed by atoms with Gasteiger partial charge in [0.05, 0.1) is 5.56 Å². The molecule has 202 valence electrons. The van der Waals surface area contributed by atoms with Gasteiger partial charge in [0.2, 0.25) is 11.8 Å². The van der Waals surface area contributed by atoms with Gasteiger partial charge in [-0.3, -0.25) is 23.9 Å². The molecule has 1 aromatic heterocycles. The second-order valence-electron chi connectivity index (χ2n) is 9.55. The number of aromatic amines is 1. The van der Waals surface area contributed by atoms with Gasteiger partial charge in [-0.15, -0.1) is 0 Å². The van der Waals surface area contributed by atoms with Crippen LogP contribution in [0, 0.1) is 11.8 Å². The summed E-state index contributed by atoms with van der Waals surface area (Å²) >= 11 is 0. The molecule has 3 N–H and O–H groups in total. The Bertz CT molecular complexity index is 1280. The van der Waals surface area contributed by atoms with Crippen LogP contribution in [0.15, 0.2) is 39.9 Å². The lowest BCUT2D eigenvalue weighted by Crippen LogP contribution is -2.46. The van der Waals surface area contributed by atoms with E-state index in [0.29, 0.717) is 0 Å². The lowest BCUT2D eigenvalue weighted by atomic mass is 10.1. The fraction of sp³-hybridized carbons (Fsp3) is 0.440. The highest BCUT2D eigenvalue weighted by molar-refractivity contribution is 6.00. The quantitative estimate of drug-likeness (QED) is 0.490. The zero-order valence-corrected chi connectivity index (χ0v) is 21.4. The number of hydrogen-bond acceptors (Lipinski definition) is 5. The Kier molecular flexibility index (Phi) is 9.49. The average molecular weight is 524 g/mol. The number of aromatic nitrogens is 2. The van der Waals surface area contributed by atoms with Gasteiger partial charge in [-0.1, -0.05) is 39.8 Å². The van der Waals surface area contributed by atoms with Crippen molar-refractivity contribution in [1.82, 2.24) is 14.5 Å². The number of likely N-dealkylation sites (N-methyl/N-ethyl adjacent to an activating group) is 1. The van der Waals surface area contributed by atoms with Gasteiger partial charge < -0.3 is 15.5 Å². The molecule has 1 aromatic carbocycles. The number of amides is 2. The molecular formula is C25H32F3N5O4. The number of alkyl halides is 3. The third kappa shape index (κ3) is 7.83. The summed E-state index contributed by atoms with van der Waals surface area (Å²) in [4.78, 5) is 55.2. The number of nitrogen functional groups attached to an aromatic ring is 1. The summed E-state index contributed by atoms with van der Waals surface area (Å²) in [6, 6.07) is 4.46. The molecule has 0 aliphatic heterocycles. The maximum atomic E-state index is 13.2. The summed E-state index contributed by atoms with van der Waals surface area (Å²) in [5.41, 5.74) is 3.79. The van der Waals surface area contributed by atoms with Crippen molar-refractivity contribution in [2.45, 2.75) is 40.4 Å². The standard InChI is InChI=1S/C25H32F3N5O4/c1-15(2)12-32(21-22(29)33(13-16(3)4)24(37)30-23(21)36)20(35)14-31(5)19(34)10-9-17-7-6-8-18(11-17)25(26,27)28/h6-11,15-16H,12-14,29H2,1-5H3,(H,30,36,37)/b10-9+. The van der Waals surface area contributed by atoms with E-state index in [1.165, 1.54) is 29.8 Å². The smallest absolute Gasteiger partial charge is 0.383 e. The van der Waals surface area contributed by atoms with Crippen molar-refractivity contribution in [3.63, 3.8) is 0 Å². The molecule has 0 saturated carbocycles. The molecule has 0 radical (unpaired) electrons. The van der Waals surface area contributed by atoms with Crippen LogP contribution in [-0.4, -0.2) is 46.4 Å². The predicted octanol–water partition coefficient (Wildman–Crippen LogP) is 2.95. The maximum Gasteiger partial charge on any atom is 0.416 e. The number of carbonyl (C=O) groups is 2. The maximum absolute atomic E-state index is 13.2. The van der Waals surface area contributed by atoms with Gasteiger partial charge in [-0.25, -0.2) is 4.79 Å². The highest BCUT2D eigenvalue weighted by Gasteiger charge is 2.30. The molecule has 37 heavy (non-hydrogen) atoms. The summed E-state index contributed by atoms with van der Waals surface area (Å²) < 4.78 is 39.9. The minimum absolute atomic E-state index is 0.0281. The second kappa shape index (κ2) is 11.9. The van der Waals surface area contributed by atoms with Crippen LogP contribution in [0.4, 0.5) is 24.7 Å². The van der Waals surface area contributed by atoms with Crippen molar-refractivity contribution in [3.8, 4) is 0 Å². The Balaban J connectivity index is 2.30. The summed E-state index contributed by atoms with van der Waals surface area (Å²) in [6.07, 6.45) is -2.25. The first kappa shape index (κ1) is 29.4. The molecule has 9 nitrogen and oxygen atoms in total. The van der Waals surface area contributed by atoms with Crippen molar-refractivity contribution in [2.24, 2.45) is 11.8 Å². The van der Waals surface area contributed by atoms with Gasteiger partial charge >= 0.3 is 11.9 Å². The molecular weight excluding hydrogens is 491 g/mol. The van der Waals surface area contributed by atoms with E-state index in [0.717, 1.165) is 28.0 Å². The molecule has 12 heteroatoms. The largest absolute Gasteiger partial charge is 0.416 e. The van der Waals surface area contributed by atoms with Crippen LogP contribution in [0.5, 0.6) is 0 Å². The number of hydrogen-bond donors (Lipinski definition) is 2. The second-order valence-corrected chi connectivity index (χ2v) is 9.55. The van der Waals surface area contributed by atoms with Crippen molar-refractivity contribution in [2.75, 3.05) is 30.8 Å². The van der Waals surface area contributed by atoms with Crippen molar-refractivity contribution < 1.29 is 22.8 Å². The molecule has 2 amide bonds. The van der Waals surface area contributed by atoms with E-state index in [2.05, 4.69) is 4.98 Å². The molecule has 0 unspecified atom stereocenters. The molecule has 0 fully saturated rings. The first-order valence-electron chi connectivity index (χ1n) is 11.6. The van der Waals surface area contributed by atoms with Gasteiger partial charge in [-0.2, -0.15) is 13.2 Å². The zero-order chi connectivity index (χ0) is 28.1. The van der Waals surface area contributed by atoms with Gasteiger partial charge in [0.15, 0.2) is 5.69 Å². The van der Waals surface area contributed by atoms with Crippen LogP contribution in [0.2, 0.25) is 0 Å². The SMILES string of the molecule is CC(C)CN(C(=O)CN(C)C(=O)/C=C/c1cccc(C(F)(F)F)c1)c1c(N)n(CC(C)C)c(=O)[nH]c1=O. The number of nitrogens with two attached hydrogens (primary N) is 1. The Morgan fingerprint density at radius 2 is 1.78 bits per heavy atom. The van der Waals surface area contributed by atoms with Crippen LogP contribution in [0.1, 0.15) is 38.8 Å². The van der Waals surface area contributed by atoms with Gasteiger partial charge in [0.1, 0.15) is 12.4 Å². The highest BCUT2D eigenvalue weighted by atomic mass is 19.4. The Morgan fingerprint density at radius 3 is 2.35 bits per heavy atom. The zero-order valence-electron chi connectivity index (χ0n) is 21.4. The number of benzene rings is 1. The molecule has 0 spiro atoms. The molecule has 0 saturated heterocycles. The summed E-state index contributed by atoms with van der Waals surface area (Å²) in [5.74, 6) is -1.48. The van der Waals surface area contributed by atoms with Gasteiger partial charge in [-0.05, 0) is 35.6 Å². The van der Waals surface area contributed by atoms with E-state index in [9.17, 15) is 32.3 Å². The van der Waals surface area contributed by atoms with Crippen LogP contribution >= 0.6 is 0 Å². The molecule has 0 bridgehead atoms. The number of carbonyl (C=O) groups excluding carboxylic acids is 2. The molecule has 2 rings (SSSR count). The minimum Gasteiger partial charge on any atom is -0.383 e. The number of nitrogens with one attached hydrogen (secondary N) is 1. The molecule has 0 aliphatic rings. The molecule has 0 aliphatic carbocycles. The lowest BCUT2D eigenvalue weighted by Gasteiger charge is -2.28. The molecule has 0 atom stereocenters. The van der Waals surface area contributed by atoms with Crippen molar-refractivity contribution >= 4 is 29.4 Å². The highest BCUT2D eigenvalue weighted by Crippen LogP contribution is 2.29.